The first-order chi connectivity index (χ1) is 9.88. The van der Waals surface area contributed by atoms with Crippen molar-refractivity contribution in [3.63, 3.8) is 0 Å². The smallest absolute Gasteiger partial charge is 0.243 e. The fourth-order valence-electron chi connectivity index (χ4n) is 2.62. The van der Waals surface area contributed by atoms with Crippen LogP contribution in [0.2, 0.25) is 0 Å². The van der Waals surface area contributed by atoms with Crippen molar-refractivity contribution in [2.24, 2.45) is 0 Å². The van der Waals surface area contributed by atoms with Crippen LogP contribution in [0, 0.1) is 5.82 Å². The number of nitrogens with zero attached hydrogens (tertiary/aromatic N) is 1. The number of likely N-dealkylation sites (tertiary alicyclic amines) is 1. The van der Waals surface area contributed by atoms with E-state index >= 15 is 0 Å². The Labute approximate surface area is 125 Å². The normalized spacial score (nSPS) is 18.6. The fraction of sp³-hybridized carbons (Fsp3) is 0.571. The topological polar surface area (TPSA) is 75.4 Å². The van der Waals surface area contributed by atoms with Crippen LogP contribution in [-0.4, -0.2) is 39.0 Å². The molecule has 118 valence electrons. The molecule has 7 heteroatoms. The summed E-state index contributed by atoms with van der Waals surface area (Å²) in [5.74, 6) is -0.790. The van der Waals surface area contributed by atoms with Gasteiger partial charge in [0.15, 0.2) is 0 Å². The standard InChI is InChI=1S/C14H22FN3O2S/c1-11(10-18-7-3-2-4-8-18)17-21(19,20)14-9-12(16)5-6-13(14)15/h5-6,9,11,17H,2-4,7-8,10,16H2,1H3. The Balaban J connectivity index is 2.04. The Morgan fingerprint density at radius 2 is 2.00 bits per heavy atom. The molecule has 0 aliphatic carbocycles. The molecule has 1 atom stereocenters. The van der Waals surface area contributed by atoms with Gasteiger partial charge in [0.25, 0.3) is 0 Å². The highest BCUT2D eigenvalue weighted by Gasteiger charge is 2.23. The van der Waals surface area contributed by atoms with Gasteiger partial charge in [0, 0.05) is 18.3 Å². The average Bonchev–Trinajstić information content (AvgIpc) is 2.41. The molecule has 1 aromatic rings. The fourth-order valence-corrected chi connectivity index (χ4v) is 3.97. The van der Waals surface area contributed by atoms with E-state index in [0.717, 1.165) is 38.1 Å². The van der Waals surface area contributed by atoms with Crippen LogP contribution in [0.1, 0.15) is 26.2 Å². The summed E-state index contributed by atoms with van der Waals surface area (Å²) in [6.07, 6.45) is 3.51. The lowest BCUT2D eigenvalue weighted by Crippen LogP contribution is -2.43. The zero-order valence-electron chi connectivity index (χ0n) is 12.2. The summed E-state index contributed by atoms with van der Waals surface area (Å²) in [7, 11) is -3.90. The molecular formula is C14H22FN3O2S. The second-order valence-corrected chi connectivity index (χ2v) is 7.26. The van der Waals surface area contributed by atoms with Crippen molar-refractivity contribution in [3.8, 4) is 0 Å². The van der Waals surface area contributed by atoms with E-state index in [1.165, 1.54) is 12.5 Å². The molecule has 3 N–H and O–H groups in total. The number of sulfonamides is 1. The summed E-state index contributed by atoms with van der Waals surface area (Å²) in [6.45, 7) is 4.39. The molecule has 21 heavy (non-hydrogen) atoms. The van der Waals surface area contributed by atoms with Gasteiger partial charge in [0.1, 0.15) is 10.7 Å². The van der Waals surface area contributed by atoms with E-state index in [1.54, 1.807) is 6.92 Å². The molecule has 0 bridgehead atoms. The van der Waals surface area contributed by atoms with Gasteiger partial charge < -0.3 is 10.6 Å². The van der Waals surface area contributed by atoms with E-state index in [0.29, 0.717) is 6.54 Å². The predicted molar refractivity (Wildman–Crippen MR) is 80.9 cm³/mol. The molecular weight excluding hydrogens is 293 g/mol. The number of piperidine rings is 1. The maximum atomic E-state index is 13.7. The second kappa shape index (κ2) is 6.72. The molecule has 1 unspecified atom stereocenters. The molecule has 2 rings (SSSR count). The van der Waals surface area contributed by atoms with E-state index < -0.39 is 20.7 Å². The largest absolute Gasteiger partial charge is 0.399 e. The van der Waals surface area contributed by atoms with Crippen LogP contribution in [0.3, 0.4) is 0 Å². The van der Waals surface area contributed by atoms with Gasteiger partial charge in [-0.25, -0.2) is 17.5 Å². The van der Waals surface area contributed by atoms with Gasteiger partial charge in [-0.3, -0.25) is 0 Å². The van der Waals surface area contributed by atoms with Crippen molar-refractivity contribution < 1.29 is 12.8 Å². The highest BCUT2D eigenvalue weighted by atomic mass is 32.2. The van der Waals surface area contributed by atoms with E-state index in [1.807, 2.05) is 0 Å². The third kappa shape index (κ3) is 4.39. The van der Waals surface area contributed by atoms with Crippen molar-refractivity contribution >= 4 is 15.7 Å². The molecule has 0 amide bonds. The van der Waals surface area contributed by atoms with Crippen molar-refractivity contribution in [1.82, 2.24) is 9.62 Å². The van der Waals surface area contributed by atoms with Gasteiger partial charge in [0.2, 0.25) is 10.0 Å². The summed E-state index contributed by atoms with van der Waals surface area (Å²) < 4.78 is 40.7. The second-order valence-electron chi connectivity index (χ2n) is 5.57. The van der Waals surface area contributed by atoms with E-state index in [9.17, 15) is 12.8 Å². The van der Waals surface area contributed by atoms with Crippen molar-refractivity contribution in [2.45, 2.75) is 37.1 Å². The minimum absolute atomic E-state index is 0.223. The minimum atomic E-state index is -3.90. The van der Waals surface area contributed by atoms with Crippen molar-refractivity contribution in [3.05, 3.63) is 24.0 Å². The Bertz CT molecular complexity index is 586. The van der Waals surface area contributed by atoms with Crippen molar-refractivity contribution in [1.29, 1.82) is 0 Å². The number of halogens is 1. The number of anilines is 1. The zero-order chi connectivity index (χ0) is 15.5. The van der Waals surface area contributed by atoms with E-state index in [2.05, 4.69) is 9.62 Å². The Morgan fingerprint density at radius 3 is 2.67 bits per heavy atom. The molecule has 0 saturated carbocycles. The molecule has 1 heterocycles. The Morgan fingerprint density at radius 1 is 1.33 bits per heavy atom. The molecule has 1 aromatic carbocycles. The number of hydrogen-bond acceptors (Lipinski definition) is 4. The van der Waals surface area contributed by atoms with E-state index in [-0.39, 0.29) is 11.7 Å². The number of nitrogens with one attached hydrogen (secondary N) is 1. The summed E-state index contributed by atoms with van der Waals surface area (Å²) in [5.41, 5.74) is 5.76. The van der Waals surface area contributed by atoms with Gasteiger partial charge in [-0.1, -0.05) is 6.42 Å². The third-order valence-electron chi connectivity index (χ3n) is 3.58. The number of nitrogens with two attached hydrogens (primary N) is 1. The molecule has 5 nitrogen and oxygen atoms in total. The number of rotatable bonds is 5. The summed E-state index contributed by atoms with van der Waals surface area (Å²) in [4.78, 5) is 1.83. The van der Waals surface area contributed by atoms with Crippen molar-refractivity contribution in [2.75, 3.05) is 25.4 Å². The predicted octanol–water partition coefficient (Wildman–Crippen LogP) is 1.56. The maximum absolute atomic E-state index is 13.7. The van der Waals surface area contributed by atoms with Crippen LogP contribution in [0.15, 0.2) is 23.1 Å². The zero-order valence-corrected chi connectivity index (χ0v) is 13.0. The summed E-state index contributed by atoms with van der Waals surface area (Å²) >= 11 is 0. The van der Waals surface area contributed by atoms with Crippen LogP contribution < -0.4 is 10.5 Å². The number of benzene rings is 1. The lowest BCUT2D eigenvalue weighted by Gasteiger charge is -2.29. The third-order valence-corrected chi connectivity index (χ3v) is 5.19. The lowest BCUT2D eigenvalue weighted by atomic mass is 10.1. The molecule has 1 saturated heterocycles. The molecule has 1 aliphatic heterocycles. The number of hydrogen-bond donors (Lipinski definition) is 2. The van der Waals surface area contributed by atoms with Gasteiger partial charge in [-0.15, -0.1) is 0 Å². The first kappa shape index (κ1) is 16.2. The lowest BCUT2D eigenvalue weighted by molar-refractivity contribution is 0.215. The summed E-state index contributed by atoms with van der Waals surface area (Å²) in [6, 6.07) is 3.27. The molecule has 1 fully saturated rings. The van der Waals surface area contributed by atoms with Gasteiger partial charge >= 0.3 is 0 Å². The molecule has 0 aromatic heterocycles. The Hall–Kier alpha value is -1.18. The maximum Gasteiger partial charge on any atom is 0.243 e. The minimum Gasteiger partial charge on any atom is -0.399 e. The number of nitrogen functional groups attached to an aromatic ring is 1. The van der Waals surface area contributed by atoms with Gasteiger partial charge in [0.05, 0.1) is 0 Å². The van der Waals surface area contributed by atoms with Gasteiger partial charge in [-0.05, 0) is 51.1 Å². The van der Waals surface area contributed by atoms with Crippen LogP contribution >= 0.6 is 0 Å². The Kier molecular flexibility index (Phi) is 5.18. The molecule has 0 spiro atoms. The monoisotopic (exact) mass is 315 g/mol. The van der Waals surface area contributed by atoms with Crippen LogP contribution in [0.4, 0.5) is 10.1 Å². The molecule has 0 radical (unpaired) electrons. The highest BCUT2D eigenvalue weighted by molar-refractivity contribution is 7.89. The SMILES string of the molecule is CC(CN1CCCCC1)NS(=O)(=O)c1cc(N)ccc1F. The van der Waals surface area contributed by atoms with Crippen LogP contribution in [-0.2, 0) is 10.0 Å². The highest BCUT2D eigenvalue weighted by Crippen LogP contribution is 2.18. The first-order valence-corrected chi connectivity index (χ1v) is 8.66. The quantitative estimate of drug-likeness (QED) is 0.809. The first-order valence-electron chi connectivity index (χ1n) is 7.18. The average molecular weight is 315 g/mol. The van der Waals surface area contributed by atoms with Crippen LogP contribution in [0.5, 0.6) is 0 Å². The van der Waals surface area contributed by atoms with E-state index in [4.69, 9.17) is 5.73 Å². The van der Waals surface area contributed by atoms with Gasteiger partial charge in [-0.2, -0.15) is 0 Å². The molecule has 1 aliphatic rings. The van der Waals surface area contributed by atoms with Crippen LogP contribution in [0.25, 0.3) is 0 Å². The summed E-state index contributed by atoms with van der Waals surface area (Å²) in [5, 5.41) is 0.